The minimum absolute atomic E-state index is 0.983. The fourth-order valence-corrected chi connectivity index (χ4v) is 1.48. The summed E-state index contributed by atoms with van der Waals surface area (Å²) in [5.41, 5.74) is 0. The minimum Gasteiger partial charge on any atom is -0.0654 e. The van der Waals surface area contributed by atoms with Crippen molar-refractivity contribution in [1.82, 2.24) is 0 Å². The Labute approximate surface area is 72.4 Å². The Hall–Kier alpha value is 0. The lowest BCUT2D eigenvalue weighted by atomic mass is 9.94. The summed E-state index contributed by atoms with van der Waals surface area (Å²) in [7, 11) is 0. The van der Waals surface area contributed by atoms with Crippen LogP contribution in [-0.2, 0) is 0 Å². The Morgan fingerprint density at radius 2 is 1.73 bits per heavy atom. The van der Waals surface area contributed by atoms with Crippen LogP contribution in [0.15, 0.2) is 0 Å². The molecule has 0 heterocycles. The van der Waals surface area contributed by atoms with E-state index in [0.29, 0.717) is 0 Å². The van der Waals surface area contributed by atoms with E-state index in [1.165, 1.54) is 38.5 Å². The highest BCUT2D eigenvalue weighted by Gasteiger charge is 2.03. The van der Waals surface area contributed by atoms with Gasteiger partial charge in [-0.25, -0.2) is 0 Å². The number of rotatable bonds is 7. The lowest BCUT2D eigenvalue weighted by molar-refractivity contribution is 0.411. The average molecular weight is 155 g/mol. The molecule has 0 rings (SSSR count). The molecule has 0 aromatic rings. The predicted octanol–water partition coefficient (Wildman–Crippen LogP) is 4.21. The molecule has 0 saturated carbocycles. The van der Waals surface area contributed by atoms with Crippen LogP contribution in [0.3, 0.4) is 0 Å². The van der Waals surface area contributed by atoms with Gasteiger partial charge in [0, 0.05) is 0 Å². The Bertz CT molecular complexity index is 58.4. The van der Waals surface area contributed by atoms with Crippen molar-refractivity contribution in [2.45, 2.75) is 58.8 Å². The van der Waals surface area contributed by atoms with Crippen molar-refractivity contribution in [3.05, 3.63) is 6.92 Å². The first-order valence-corrected chi connectivity index (χ1v) is 5.14. The van der Waals surface area contributed by atoms with E-state index >= 15 is 0 Å². The minimum atomic E-state index is 0.983. The molecule has 0 N–H and O–H groups in total. The highest BCUT2D eigenvalue weighted by Crippen LogP contribution is 2.18. The summed E-state index contributed by atoms with van der Waals surface area (Å²) in [5, 5.41) is 0. The van der Waals surface area contributed by atoms with Gasteiger partial charge in [0.15, 0.2) is 0 Å². The Morgan fingerprint density at radius 3 is 2.18 bits per heavy atom. The van der Waals surface area contributed by atoms with Gasteiger partial charge in [0.2, 0.25) is 0 Å². The Morgan fingerprint density at radius 1 is 1.09 bits per heavy atom. The fourth-order valence-electron chi connectivity index (χ4n) is 1.48. The smallest absolute Gasteiger partial charge is 0.0417 e. The lowest BCUT2D eigenvalue weighted by Crippen LogP contribution is -1.98. The van der Waals surface area contributed by atoms with Crippen LogP contribution < -0.4 is 0 Å². The second kappa shape index (κ2) is 8.10. The SMILES string of the molecule is [CH2]CCCC(CC)CCCC. The Kier molecular flexibility index (Phi) is 8.10. The second-order valence-corrected chi connectivity index (χ2v) is 3.41. The van der Waals surface area contributed by atoms with E-state index in [9.17, 15) is 0 Å². The molecule has 0 bridgehead atoms. The summed E-state index contributed by atoms with van der Waals surface area (Å²) in [6.45, 7) is 8.45. The molecule has 0 aromatic heterocycles. The van der Waals surface area contributed by atoms with Crippen molar-refractivity contribution in [1.29, 1.82) is 0 Å². The first-order valence-electron chi connectivity index (χ1n) is 5.14. The van der Waals surface area contributed by atoms with Crippen molar-refractivity contribution < 1.29 is 0 Å². The summed E-state index contributed by atoms with van der Waals surface area (Å²) < 4.78 is 0. The molecular weight excluding hydrogens is 132 g/mol. The summed E-state index contributed by atoms with van der Waals surface area (Å²) >= 11 is 0. The van der Waals surface area contributed by atoms with Crippen molar-refractivity contribution in [2.75, 3.05) is 0 Å². The maximum Gasteiger partial charge on any atom is -0.0417 e. The van der Waals surface area contributed by atoms with Crippen LogP contribution >= 0.6 is 0 Å². The van der Waals surface area contributed by atoms with Gasteiger partial charge in [-0.15, -0.1) is 0 Å². The third kappa shape index (κ3) is 6.40. The molecule has 0 aliphatic heterocycles. The van der Waals surface area contributed by atoms with E-state index in [4.69, 9.17) is 0 Å². The molecule has 1 radical (unpaired) electrons. The normalized spacial score (nSPS) is 10.9. The number of hydrogen-bond donors (Lipinski definition) is 0. The third-order valence-electron chi connectivity index (χ3n) is 2.41. The van der Waals surface area contributed by atoms with Crippen LogP contribution in [0.4, 0.5) is 0 Å². The zero-order chi connectivity index (χ0) is 8.53. The molecule has 0 amide bonds. The molecule has 0 spiro atoms. The summed E-state index contributed by atoms with van der Waals surface area (Å²) in [6, 6.07) is 0. The van der Waals surface area contributed by atoms with Crippen LogP contribution in [0.2, 0.25) is 0 Å². The molecular formula is C11H23. The maximum absolute atomic E-state index is 3.87. The molecule has 1 atom stereocenters. The van der Waals surface area contributed by atoms with E-state index < -0.39 is 0 Å². The predicted molar refractivity (Wildman–Crippen MR) is 52.5 cm³/mol. The largest absolute Gasteiger partial charge is 0.0654 e. The first-order chi connectivity index (χ1) is 5.35. The van der Waals surface area contributed by atoms with Gasteiger partial charge in [0.05, 0.1) is 0 Å². The van der Waals surface area contributed by atoms with E-state index in [1.54, 1.807) is 0 Å². The highest BCUT2D eigenvalue weighted by molar-refractivity contribution is 4.57. The fraction of sp³-hybridized carbons (Fsp3) is 0.909. The standard InChI is InChI=1S/C11H23/c1-4-7-9-11(6-3)10-8-5-2/h11H,1,4-10H2,2-3H3. The van der Waals surface area contributed by atoms with Crippen molar-refractivity contribution >= 4 is 0 Å². The van der Waals surface area contributed by atoms with Gasteiger partial charge in [-0.1, -0.05) is 65.7 Å². The van der Waals surface area contributed by atoms with E-state index in [2.05, 4.69) is 20.8 Å². The van der Waals surface area contributed by atoms with Gasteiger partial charge in [-0.2, -0.15) is 0 Å². The molecule has 0 aromatic carbocycles. The maximum atomic E-state index is 3.87. The zero-order valence-electron chi connectivity index (χ0n) is 8.23. The average Bonchev–Trinajstić information content (AvgIpc) is 2.05. The topological polar surface area (TPSA) is 0 Å². The molecule has 67 valence electrons. The van der Waals surface area contributed by atoms with Gasteiger partial charge in [0.1, 0.15) is 0 Å². The molecule has 1 unspecified atom stereocenters. The quantitative estimate of drug-likeness (QED) is 0.516. The van der Waals surface area contributed by atoms with Crippen LogP contribution in [-0.4, -0.2) is 0 Å². The molecule has 0 aliphatic carbocycles. The van der Waals surface area contributed by atoms with Crippen molar-refractivity contribution in [2.24, 2.45) is 5.92 Å². The molecule has 0 nitrogen and oxygen atoms in total. The van der Waals surface area contributed by atoms with Crippen molar-refractivity contribution in [3.8, 4) is 0 Å². The molecule has 0 aliphatic rings. The second-order valence-electron chi connectivity index (χ2n) is 3.41. The van der Waals surface area contributed by atoms with Gasteiger partial charge in [-0.05, 0) is 5.92 Å². The van der Waals surface area contributed by atoms with Crippen LogP contribution in [0.1, 0.15) is 58.8 Å². The van der Waals surface area contributed by atoms with E-state index in [-0.39, 0.29) is 0 Å². The number of unbranched alkanes of at least 4 members (excludes halogenated alkanes) is 2. The first kappa shape index (κ1) is 11.0. The molecule has 11 heavy (non-hydrogen) atoms. The lowest BCUT2D eigenvalue weighted by Gasteiger charge is -2.12. The number of hydrogen-bond acceptors (Lipinski definition) is 0. The third-order valence-corrected chi connectivity index (χ3v) is 2.41. The van der Waals surface area contributed by atoms with Crippen LogP contribution in [0.25, 0.3) is 0 Å². The highest BCUT2D eigenvalue weighted by atomic mass is 14.1. The van der Waals surface area contributed by atoms with E-state index in [0.717, 1.165) is 12.3 Å². The van der Waals surface area contributed by atoms with Gasteiger partial charge >= 0.3 is 0 Å². The molecule has 0 saturated heterocycles. The summed E-state index contributed by atoms with van der Waals surface area (Å²) in [5.74, 6) is 0.983. The van der Waals surface area contributed by atoms with Crippen LogP contribution in [0, 0.1) is 12.8 Å². The monoisotopic (exact) mass is 155 g/mol. The zero-order valence-corrected chi connectivity index (χ0v) is 8.23. The van der Waals surface area contributed by atoms with Crippen molar-refractivity contribution in [3.63, 3.8) is 0 Å². The Balaban J connectivity index is 3.25. The summed E-state index contributed by atoms with van der Waals surface area (Å²) in [6.07, 6.45) is 9.40. The molecule has 0 heteroatoms. The van der Waals surface area contributed by atoms with Gasteiger partial charge in [-0.3, -0.25) is 0 Å². The summed E-state index contributed by atoms with van der Waals surface area (Å²) in [4.78, 5) is 0. The molecule has 0 fully saturated rings. The van der Waals surface area contributed by atoms with E-state index in [1.807, 2.05) is 0 Å². The van der Waals surface area contributed by atoms with Gasteiger partial charge in [0.25, 0.3) is 0 Å². The van der Waals surface area contributed by atoms with Crippen LogP contribution in [0.5, 0.6) is 0 Å². The van der Waals surface area contributed by atoms with Gasteiger partial charge < -0.3 is 0 Å².